The highest BCUT2D eigenvalue weighted by Crippen LogP contribution is 2.53. The van der Waals surface area contributed by atoms with Crippen molar-refractivity contribution in [3.8, 4) is 100 Å². The first-order chi connectivity index (χ1) is 65.5. The van der Waals surface area contributed by atoms with Gasteiger partial charge < -0.3 is 0 Å². The lowest BCUT2D eigenvalue weighted by atomic mass is 9.81. The van der Waals surface area contributed by atoms with Gasteiger partial charge in [-0.1, -0.05) is 461 Å². The molecule has 0 aromatic heterocycles. The van der Waals surface area contributed by atoms with E-state index in [0.29, 0.717) is 0 Å². The van der Waals surface area contributed by atoms with E-state index in [9.17, 15) is 0 Å². The summed E-state index contributed by atoms with van der Waals surface area (Å²) >= 11 is 0. The first-order valence-corrected chi connectivity index (χ1v) is 45.8. The Morgan fingerprint density at radius 1 is 0.0758 bits per heavy atom. The summed E-state index contributed by atoms with van der Waals surface area (Å²) in [6.45, 7) is 0. The third kappa shape index (κ3) is 13.5. The third-order valence-corrected chi connectivity index (χ3v) is 27.6. The van der Waals surface area contributed by atoms with Crippen LogP contribution in [-0.4, -0.2) is 0 Å². The molecule has 0 unspecified atom stereocenters. The predicted octanol–water partition coefficient (Wildman–Crippen LogP) is 37.4. The topological polar surface area (TPSA) is 0 Å². The summed E-state index contributed by atoms with van der Waals surface area (Å²) in [6, 6.07) is 187. The highest BCUT2D eigenvalue weighted by molar-refractivity contribution is 6.29. The Hall–Kier alpha value is -17.2. The summed E-state index contributed by atoms with van der Waals surface area (Å²) in [4.78, 5) is 0. The molecule has 27 aromatic rings. The van der Waals surface area contributed by atoms with Crippen LogP contribution in [-0.2, 0) is 0 Å². The molecule has 132 heavy (non-hydrogen) atoms. The molecule has 0 radical (unpaired) electrons. The number of rotatable bonds is 9. The van der Waals surface area contributed by atoms with Crippen LogP contribution in [0.5, 0.6) is 0 Å². The fourth-order valence-electron chi connectivity index (χ4n) is 21.5. The van der Waals surface area contributed by atoms with E-state index in [4.69, 9.17) is 0 Å². The maximum atomic E-state index is 2.41. The molecular weight excluding hydrogens is 1590 g/mol. The lowest BCUT2D eigenvalue weighted by Crippen LogP contribution is -1.94. The standard InChI is InChI=1S/3C44H28/c1-3-14-32-27-34(23-21-29(32)11-1)37-26-25-31-13-5-6-16-36(31)43(37)44-40-19-9-7-17-38(40)42(39-18-8-10-20-41(39)44)35-24-22-30-12-2-4-15-33(30)28-35;1-3-13-31-25-33(23-21-29(31)11-1)36-27-34-15-5-6-16-37(34)42(28-36)44-40-19-9-7-17-38(40)43(39-18-8-10-20-41(39)44)35-24-22-30-12-2-4-14-32(30)26-35;1-3-13-31-27-33(23-21-29(31)11-1)35-25-26-42(37-16-6-5-15-36(35)37)44-40-19-9-7-17-38(40)43(39-18-8-10-20-41(39)44)34-24-22-30-12-2-4-14-32(30)28-34/h3*1-28H. The first kappa shape index (κ1) is 77.2. The summed E-state index contributed by atoms with van der Waals surface area (Å²) in [5, 5.41) is 38.0. The van der Waals surface area contributed by atoms with Gasteiger partial charge >= 0.3 is 0 Å². The minimum absolute atomic E-state index is 1.23. The largest absolute Gasteiger partial charge is 0.0616 e. The minimum atomic E-state index is 1.23. The van der Waals surface area contributed by atoms with Crippen LogP contribution in [0.1, 0.15) is 0 Å². The molecular formula is C132H84. The molecule has 0 aliphatic heterocycles. The molecule has 0 spiro atoms. The van der Waals surface area contributed by atoms with Gasteiger partial charge in [-0.2, -0.15) is 0 Å². The number of hydrogen-bond donors (Lipinski definition) is 0. The predicted molar refractivity (Wildman–Crippen MR) is 571 cm³/mol. The summed E-state index contributed by atoms with van der Waals surface area (Å²) in [5.74, 6) is 0. The Morgan fingerprint density at radius 3 is 0.652 bits per heavy atom. The number of hydrogen-bond acceptors (Lipinski definition) is 0. The lowest BCUT2D eigenvalue weighted by molar-refractivity contribution is 1.65. The summed E-state index contributed by atoms with van der Waals surface area (Å²) in [6.07, 6.45) is 0. The van der Waals surface area contributed by atoms with Gasteiger partial charge in [0.15, 0.2) is 0 Å². The van der Waals surface area contributed by atoms with Crippen molar-refractivity contribution >= 4 is 162 Å². The molecule has 0 heteroatoms. The quantitative estimate of drug-likeness (QED) is 0.126. The molecule has 612 valence electrons. The zero-order valence-electron chi connectivity index (χ0n) is 72.5. The van der Waals surface area contributed by atoms with E-state index >= 15 is 0 Å². The maximum Gasteiger partial charge on any atom is -0.00139 e. The molecule has 0 aliphatic carbocycles. The van der Waals surface area contributed by atoms with Gasteiger partial charge in [0.05, 0.1) is 0 Å². The molecule has 27 aromatic carbocycles. The Morgan fingerprint density at radius 2 is 0.288 bits per heavy atom. The van der Waals surface area contributed by atoms with Gasteiger partial charge in [-0.25, -0.2) is 0 Å². The smallest absolute Gasteiger partial charge is 0.00139 e. The fraction of sp³-hybridized carbons (Fsp3) is 0. The van der Waals surface area contributed by atoms with E-state index < -0.39 is 0 Å². The van der Waals surface area contributed by atoms with Crippen molar-refractivity contribution in [1.29, 1.82) is 0 Å². The Labute approximate surface area is 765 Å². The van der Waals surface area contributed by atoms with Crippen molar-refractivity contribution in [2.45, 2.75) is 0 Å². The molecule has 27 rings (SSSR count). The normalized spacial score (nSPS) is 11.6. The molecule has 0 aliphatic rings. The molecule has 0 bridgehead atoms. The highest BCUT2D eigenvalue weighted by atomic mass is 14.3. The fourth-order valence-corrected chi connectivity index (χ4v) is 21.5. The first-order valence-electron chi connectivity index (χ1n) is 45.8. The SMILES string of the molecule is c1ccc2cc(-c3cc(-c4c5ccccc5c(-c5ccc6ccccc6c5)c5ccccc45)c4ccccc4c3)ccc2c1.c1ccc2cc(-c3ccc(-c4c5ccccc5c(-c5ccc6ccccc6c5)c5ccccc45)c4ccccc34)ccc2c1.c1ccc2cc(-c3ccc4ccccc4c3-c3c4ccccc4c(-c4ccc5ccccc5c4)c4ccccc34)ccc2c1. The number of benzene rings is 27. The summed E-state index contributed by atoms with van der Waals surface area (Å²) in [7, 11) is 0. The zero-order valence-corrected chi connectivity index (χ0v) is 72.5. The Bertz CT molecular complexity index is 9190. The van der Waals surface area contributed by atoms with Crippen molar-refractivity contribution < 1.29 is 0 Å². The van der Waals surface area contributed by atoms with Crippen LogP contribution in [0.3, 0.4) is 0 Å². The van der Waals surface area contributed by atoms with Crippen molar-refractivity contribution in [1.82, 2.24) is 0 Å². The molecule has 0 saturated heterocycles. The van der Waals surface area contributed by atoms with E-state index in [-0.39, 0.29) is 0 Å². The van der Waals surface area contributed by atoms with Crippen LogP contribution in [0.15, 0.2) is 510 Å². The van der Waals surface area contributed by atoms with Gasteiger partial charge in [0.25, 0.3) is 0 Å². The maximum absolute atomic E-state index is 2.41. The number of fused-ring (bicyclic) bond motifs is 15. The van der Waals surface area contributed by atoms with Gasteiger partial charge in [0.2, 0.25) is 0 Å². The molecule has 0 saturated carbocycles. The minimum Gasteiger partial charge on any atom is -0.0616 e. The highest BCUT2D eigenvalue weighted by Gasteiger charge is 2.26. The second-order valence-electron chi connectivity index (χ2n) is 35.1. The van der Waals surface area contributed by atoms with Crippen molar-refractivity contribution in [2.75, 3.05) is 0 Å². The van der Waals surface area contributed by atoms with Crippen molar-refractivity contribution in [2.24, 2.45) is 0 Å². The molecule has 0 fully saturated rings. The van der Waals surface area contributed by atoms with E-state index in [0.717, 1.165) is 0 Å². The van der Waals surface area contributed by atoms with E-state index in [1.165, 1.54) is 262 Å². The lowest BCUT2D eigenvalue weighted by Gasteiger charge is -2.21. The molecule has 0 atom stereocenters. The van der Waals surface area contributed by atoms with Gasteiger partial charge in [0, 0.05) is 0 Å². The second-order valence-corrected chi connectivity index (χ2v) is 35.1. The van der Waals surface area contributed by atoms with Crippen LogP contribution in [0.4, 0.5) is 0 Å². The van der Waals surface area contributed by atoms with Gasteiger partial charge in [0.1, 0.15) is 0 Å². The Kier molecular flexibility index (Phi) is 19.1. The van der Waals surface area contributed by atoms with Crippen LogP contribution in [0.2, 0.25) is 0 Å². The van der Waals surface area contributed by atoms with Gasteiger partial charge in [-0.05, 0) is 310 Å². The van der Waals surface area contributed by atoms with Crippen molar-refractivity contribution in [3.63, 3.8) is 0 Å². The second kappa shape index (κ2) is 32.6. The molecule has 0 nitrogen and oxygen atoms in total. The van der Waals surface area contributed by atoms with E-state index in [2.05, 4.69) is 510 Å². The van der Waals surface area contributed by atoms with E-state index in [1.54, 1.807) is 0 Å². The van der Waals surface area contributed by atoms with Gasteiger partial charge in [-0.3, -0.25) is 0 Å². The average molecular weight is 1670 g/mol. The van der Waals surface area contributed by atoms with Crippen LogP contribution in [0.25, 0.3) is 262 Å². The zero-order chi connectivity index (χ0) is 87.1. The monoisotopic (exact) mass is 1670 g/mol. The van der Waals surface area contributed by atoms with Crippen LogP contribution < -0.4 is 0 Å². The summed E-state index contributed by atoms with van der Waals surface area (Å²) < 4.78 is 0. The molecule has 0 N–H and O–H groups in total. The average Bonchev–Trinajstić information content (AvgIpc) is 0.718. The molecule has 0 amide bonds. The van der Waals surface area contributed by atoms with E-state index in [1.807, 2.05) is 0 Å². The van der Waals surface area contributed by atoms with Gasteiger partial charge in [-0.15, -0.1) is 0 Å². The van der Waals surface area contributed by atoms with Crippen LogP contribution in [0, 0.1) is 0 Å². The van der Waals surface area contributed by atoms with Crippen LogP contribution >= 0.6 is 0 Å². The molecule has 0 heterocycles. The van der Waals surface area contributed by atoms with Crippen molar-refractivity contribution in [3.05, 3.63) is 510 Å². The Balaban J connectivity index is 0.000000106. The third-order valence-electron chi connectivity index (χ3n) is 27.6. The summed E-state index contributed by atoms with van der Waals surface area (Å²) in [5.41, 5.74) is 22.8.